The normalized spacial score (nSPS) is 16.4. The van der Waals surface area contributed by atoms with Crippen LogP contribution in [0.25, 0.3) is 10.8 Å². The molecule has 0 bridgehead atoms. The predicted molar refractivity (Wildman–Crippen MR) is 103 cm³/mol. The van der Waals surface area contributed by atoms with Crippen LogP contribution in [0.15, 0.2) is 36.3 Å². The lowest BCUT2D eigenvalue weighted by molar-refractivity contribution is 0.365. The van der Waals surface area contributed by atoms with Crippen LogP contribution in [0.3, 0.4) is 0 Å². The largest absolute Gasteiger partial charge is 0.506 e. The first-order valence-electron chi connectivity index (χ1n) is 8.65. The molecule has 146 valence electrons. The Hall–Kier alpha value is -2.48. The molecule has 1 heterocycles. The summed E-state index contributed by atoms with van der Waals surface area (Å²) >= 11 is 0. The van der Waals surface area contributed by atoms with Crippen LogP contribution in [0, 0.1) is 11.2 Å². The van der Waals surface area contributed by atoms with E-state index < -0.39 is 33.3 Å². The minimum atomic E-state index is -4.20. The van der Waals surface area contributed by atoms with Crippen LogP contribution in [0.4, 0.5) is 10.1 Å². The minimum Gasteiger partial charge on any atom is -0.506 e. The van der Waals surface area contributed by atoms with E-state index in [2.05, 4.69) is 20.8 Å². The van der Waals surface area contributed by atoms with Crippen molar-refractivity contribution in [2.45, 2.75) is 40.0 Å². The molecule has 0 radical (unpaired) electrons. The molecule has 0 unspecified atom stereocenters. The zero-order chi connectivity index (χ0) is 20.0. The number of aliphatic hydroxyl groups excluding tert-OH is 1. The van der Waals surface area contributed by atoms with Gasteiger partial charge in [0, 0.05) is 5.39 Å². The van der Waals surface area contributed by atoms with Gasteiger partial charge in [0.1, 0.15) is 11.4 Å². The van der Waals surface area contributed by atoms with Gasteiger partial charge in [0.15, 0.2) is 5.82 Å². The number of nitrogens with zero attached hydrogens (tertiary/aromatic N) is 1. The van der Waals surface area contributed by atoms with Gasteiger partial charge < -0.3 is 10.2 Å². The molecule has 1 aliphatic rings. The van der Waals surface area contributed by atoms with Crippen molar-refractivity contribution >= 4 is 26.7 Å². The molecule has 1 aliphatic heterocycles. The number of aromatic hydroxyl groups is 1. The van der Waals surface area contributed by atoms with E-state index in [1.807, 2.05) is 10.8 Å². The number of hydrogen-bond donors (Lipinski definition) is 3. The quantitative estimate of drug-likeness (QED) is 0.729. The molecular weight excluding hydrogens is 371 g/mol. The van der Waals surface area contributed by atoms with Crippen molar-refractivity contribution in [1.82, 2.24) is 4.72 Å². The number of halogens is 1. The third kappa shape index (κ3) is 3.95. The topological polar surface area (TPSA) is 89.9 Å². The molecule has 0 fully saturated rings. The zero-order valence-corrected chi connectivity index (χ0v) is 16.3. The maximum atomic E-state index is 15.1. The van der Waals surface area contributed by atoms with Crippen molar-refractivity contribution in [2.75, 3.05) is 4.31 Å². The predicted octanol–water partition coefficient (Wildman–Crippen LogP) is 4.06. The van der Waals surface area contributed by atoms with Gasteiger partial charge in [-0.1, -0.05) is 32.9 Å². The van der Waals surface area contributed by atoms with Gasteiger partial charge in [-0.3, -0.25) is 0 Å². The Morgan fingerprint density at radius 1 is 1.19 bits per heavy atom. The summed E-state index contributed by atoms with van der Waals surface area (Å²) in [6.07, 6.45) is 3.55. The third-order valence-corrected chi connectivity index (χ3v) is 5.71. The van der Waals surface area contributed by atoms with E-state index in [-0.39, 0.29) is 10.8 Å². The second-order valence-electron chi connectivity index (χ2n) is 7.95. The molecule has 6 nitrogen and oxygen atoms in total. The SMILES string of the molecule is CC(C)(C)CCCc1ccc2cc(O)c(N3C=C(O)NS3(=O)=O)c(F)c2c1. The van der Waals surface area contributed by atoms with Crippen molar-refractivity contribution in [2.24, 2.45) is 5.41 Å². The fraction of sp³-hybridized carbons (Fsp3) is 0.368. The van der Waals surface area contributed by atoms with Crippen LogP contribution < -0.4 is 9.03 Å². The molecule has 0 aliphatic carbocycles. The Morgan fingerprint density at radius 3 is 2.48 bits per heavy atom. The van der Waals surface area contributed by atoms with Crippen molar-refractivity contribution in [3.05, 3.63) is 47.7 Å². The molecule has 8 heteroatoms. The third-order valence-electron chi connectivity index (χ3n) is 4.44. The van der Waals surface area contributed by atoms with Crippen LogP contribution >= 0.6 is 0 Å². The highest BCUT2D eigenvalue weighted by atomic mass is 32.2. The number of aryl methyl sites for hydroxylation is 1. The first-order chi connectivity index (χ1) is 12.5. The summed E-state index contributed by atoms with van der Waals surface area (Å²) in [5.41, 5.74) is 0.626. The van der Waals surface area contributed by atoms with Gasteiger partial charge in [0.05, 0.1) is 6.20 Å². The van der Waals surface area contributed by atoms with Crippen LogP contribution in [-0.2, 0) is 16.6 Å². The number of anilines is 1. The number of phenolic OH excluding ortho intramolecular Hbond substituents is 1. The maximum Gasteiger partial charge on any atom is 0.330 e. The van der Waals surface area contributed by atoms with Gasteiger partial charge >= 0.3 is 10.2 Å². The molecule has 3 N–H and O–H groups in total. The lowest BCUT2D eigenvalue weighted by Crippen LogP contribution is -2.30. The van der Waals surface area contributed by atoms with E-state index >= 15 is 4.39 Å². The van der Waals surface area contributed by atoms with Gasteiger partial charge in [-0.05, 0) is 47.8 Å². The summed E-state index contributed by atoms with van der Waals surface area (Å²) in [6, 6.07) is 6.57. The summed E-state index contributed by atoms with van der Waals surface area (Å²) in [6.45, 7) is 6.49. The molecule has 27 heavy (non-hydrogen) atoms. The van der Waals surface area contributed by atoms with Crippen molar-refractivity contribution < 1.29 is 23.0 Å². The Labute approximate surface area is 158 Å². The molecule has 0 saturated heterocycles. The average Bonchev–Trinajstić information content (AvgIpc) is 2.79. The molecule has 0 saturated carbocycles. The van der Waals surface area contributed by atoms with Gasteiger partial charge in [-0.25, -0.2) is 13.4 Å². The number of nitrogens with one attached hydrogen (secondary N) is 1. The standard InChI is InChI=1S/C19H23FN2O4S/c1-19(2,3)8-4-5-12-6-7-13-10-15(23)18(17(20)14(13)9-12)22-11-16(24)21-27(22,25)26/h6-7,9-11,21,23-24H,4-5,8H2,1-3H3. The van der Waals surface area contributed by atoms with Crippen molar-refractivity contribution in [1.29, 1.82) is 0 Å². The number of benzene rings is 2. The summed E-state index contributed by atoms with van der Waals surface area (Å²) in [7, 11) is -4.20. The molecule has 2 aromatic rings. The lowest BCUT2D eigenvalue weighted by atomic mass is 9.89. The number of aliphatic hydroxyl groups is 1. The second kappa shape index (κ2) is 6.60. The summed E-state index contributed by atoms with van der Waals surface area (Å²) in [5.74, 6) is -2.04. The van der Waals surface area contributed by atoms with E-state index in [1.54, 1.807) is 12.1 Å². The Balaban J connectivity index is 2.02. The Bertz CT molecular complexity index is 1030. The van der Waals surface area contributed by atoms with E-state index in [0.717, 1.165) is 31.0 Å². The van der Waals surface area contributed by atoms with Crippen molar-refractivity contribution in [3.63, 3.8) is 0 Å². The first kappa shape index (κ1) is 19.3. The molecule has 0 atom stereocenters. The molecule has 3 rings (SSSR count). The van der Waals surface area contributed by atoms with E-state index in [1.165, 1.54) is 6.07 Å². The molecular formula is C19H23FN2O4S. The van der Waals surface area contributed by atoms with Crippen LogP contribution in [0.5, 0.6) is 5.75 Å². The number of fused-ring (bicyclic) bond motifs is 1. The van der Waals surface area contributed by atoms with Crippen LogP contribution in [0.1, 0.15) is 39.2 Å². The van der Waals surface area contributed by atoms with Crippen LogP contribution in [0.2, 0.25) is 0 Å². The van der Waals surface area contributed by atoms with Gasteiger partial charge in [-0.2, -0.15) is 8.42 Å². The number of phenols is 1. The lowest BCUT2D eigenvalue weighted by Gasteiger charge is -2.19. The first-order valence-corrected chi connectivity index (χ1v) is 10.1. The van der Waals surface area contributed by atoms with Gasteiger partial charge in [0.2, 0.25) is 5.88 Å². The number of hydrogen-bond acceptors (Lipinski definition) is 4. The van der Waals surface area contributed by atoms with E-state index in [9.17, 15) is 18.6 Å². The zero-order valence-electron chi connectivity index (χ0n) is 15.5. The van der Waals surface area contributed by atoms with E-state index in [0.29, 0.717) is 9.69 Å². The molecule has 0 amide bonds. The molecule has 0 aromatic heterocycles. The highest BCUT2D eigenvalue weighted by Gasteiger charge is 2.33. The molecule has 2 aromatic carbocycles. The average molecular weight is 394 g/mol. The van der Waals surface area contributed by atoms with E-state index in [4.69, 9.17) is 0 Å². The fourth-order valence-electron chi connectivity index (χ4n) is 3.14. The smallest absolute Gasteiger partial charge is 0.330 e. The Morgan fingerprint density at radius 2 is 1.89 bits per heavy atom. The van der Waals surface area contributed by atoms with Gasteiger partial charge in [0.25, 0.3) is 0 Å². The monoisotopic (exact) mass is 394 g/mol. The van der Waals surface area contributed by atoms with Crippen LogP contribution in [-0.4, -0.2) is 18.6 Å². The Kier molecular flexibility index (Phi) is 4.71. The molecule has 0 spiro atoms. The summed E-state index contributed by atoms with van der Waals surface area (Å²) in [4.78, 5) is 0. The fourth-order valence-corrected chi connectivity index (χ4v) is 4.20. The highest BCUT2D eigenvalue weighted by molar-refractivity contribution is 7.91. The summed E-state index contributed by atoms with van der Waals surface area (Å²) in [5, 5.41) is 20.3. The second-order valence-corrected chi connectivity index (χ2v) is 9.49. The van der Waals surface area contributed by atoms with Crippen molar-refractivity contribution in [3.8, 4) is 5.75 Å². The maximum absolute atomic E-state index is 15.1. The summed E-state index contributed by atoms with van der Waals surface area (Å²) < 4.78 is 41.6. The number of rotatable bonds is 4. The highest BCUT2D eigenvalue weighted by Crippen LogP contribution is 2.39. The minimum absolute atomic E-state index is 0.214. The van der Waals surface area contributed by atoms with Gasteiger partial charge in [-0.15, -0.1) is 0 Å².